The van der Waals surface area contributed by atoms with E-state index in [1.807, 2.05) is 0 Å². The Bertz CT molecular complexity index is 820. The number of amides is 2. The summed E-state index contributed by atoms with van der Waals surface area (Å²) in [6.07, 6.45) is 4.44. The zero-order valence-corrected chi connectivity index (χ0v) is 11.6. The monoisotopic (exact) mass is 302 g/mol. The lowest BCUT2D eigenvalue weighted by atomic mass is 10.4. The number of nitrogens with one attached hydrogen (secondary N) is 3. The van der Waals surface area contributed by atoms with Crippen molar-refractivity contribution in [3.05, 3.63) is 47.2 Å². The Balaban J connectivity index is 1.53. The molecular weight excluding hydrogens is 288 g/mol. The van der Waals surface area contributed by atoms with Crippen LogP contribution in [0.3, 0.4) is 0 Å². The summed E-state index contributed by atoms with van der Waals surface area (Å²) in [5, 5.41) is 5.32. The van der Waals surface area contributed by atoms with Gasteiger partial charge in [-0.2, -0.15) is 0 Å². The number of furan rings is 1. The highest BCUT2D eigenvalue weighted by Crippen LogP contribution is 2.02. The van der Waals surface area contributed by atoms with Crippen LogP contribution in [0.5, 0.6) is 0 Å². The van der Waals surface area contributed by atoms with E-state index < -0.39 is 0 Å². The van der Waals surface area contributed by atoms with E-state index in [0.717, 1.165) is 0 Å². The highest BCUT2D eigenvalue weighted by molar-refractivity contribution is 5.73. The van der Waals surface area contributed by atoms with Crippen molar-refractivity contribution < 1.29 is 9.21 Å². The molecule has 3 heterocycles. The Labute approximate surface area is 124 Å². The Morgan fingerprint density at radius 1 is 1.41 bits per heavy atom. The Hall–Kier alpha value is -3.10. The number of hydrogen-bond donors (Lipinski definition) is 3. The predicted octanol–water partition coefficient (Wildman–Crippen LogP) is 0.212. The van der Waals surface area contributed by atoms with Gasteiger partial charge in [0.15, 0.2) is 5.65 Å². The third kappa shape index (κ3) is 2.97. The van der Waals surface area contributed by atoms with Gasteiger partial charge in [0.05, 0.1) is 19.0 Å². The van der Waals surface area contributed by atoms with E-state index in [-0.39, 0.29) is 11.7 Å². The van der Waals surface area contributed by atoms with Gasteiger partial charge in [-0.05, 0) is 12.1 Å². The summed E-state index contributed by atoms with van der Waals surface area (Å²) in [4.78, 5) is 34.0. The highest BCUT2D eigenvalue weighted by atomic mass is 16.3. The fourth-order valence-corrected chi connectivity index (χ4v) is 2.04. The topological polar surface area (TPSA) is 118 Å². The number of hydrogen-bond acceptors (Lipinski definition) is 5. The van der Waals surface area contributed by atoms with Crippen molar-refractivity contribution in [2.75, 3.05) is 6.54 Å². The standard InChI is InChI=1S/C13H14N6O3/c20-12(16-6-9-2-1-5-22-9)15-3-4-19-11-10(18-13(19)21)7-14-8-17-11/h1-2,5,7-8H,3-4,6H2,(H,18,21)(H2,15,16,20). The maximum atomic E-state index is 11.8. The Kier molecular flexibility index (Phi) is 3.86. The summed E-state index contributed by atoms with van der Waals surface area (Å²) < 4.78 is 6.55. The van der Waals surface area contributed by atoms with E-state index in [1.165, 1.54) is 17.1 Å². The number of carbonyl (C=O) groups excluding carboxylic acids is 1. The number of aromatic nitrogens is 4. The molecule has 0 bridgehead atoms. The van der Waals surface area contributed by atoms with Crippen LogP contribution in [-0.2, 0) is 13.1 Å². The van der Waals surface area contributed by atoms with Crippen LogP contribution in [0.25, 0.3) is 11.2 Å². The average molecular weight is 302 g/mol. The number of urea groups is 1. The molecule has 0 aromatic carbocycles. The molecule has 2 amide bonds. The van der Waals surface area contributed by atoms with Crippen molar-refractivity contribution in [1.29, 1.82) is 0 Å². The molecule has 0 aliphatic heterocycles. The van der Waals surface area contributed by atoms with Gasteiger partial charge >= 0.3 is 11.7 Å². The predicted molar refractivity (Wildman–Crippen MR) is 77.1 cm³/mol. The van der Waals surface area contributed by atoms with Crippen LogP contribution in [0.15, 0.2) is 40.1 Å². The lowest BCUT2D eigenvalue weighted by molar-refractivity contribution is 0.239. The largest absolute Gasteiger partial charge is 0.467 e. The SMILES string of the molecule is O=C(NCCn1c(=O)[nH]c2cncnc21)NCc1ccco1. The van der Waals surface area contributed by atoms with Crippen molar-refractivity contribution in [1.82, 2.24) is 30.2 Å². The number of nitrogens with zero attached hydrogens (tertiary/aromatic N) is 3. The van der Waals surface area contributed by atoms with E-state index in [1.54, 1.807) is 18.4 Å². The van der Waals surface area contributed by atoms with Gasteiger partial charge in [0.1, 0.15) is 17.6 Å². The van der Waals surface area contributed by atoms with Gasteiger partial charge in [-0.1, -0.05) is 0 Å². The lowest BCUT2D eigenvalue weighted by Gasteiger charge is -2.07. The quantitative estimate of drug-likeness (QED) is 0.623. The van der Waals surface area contributed by atoms with Gasteiger partial charge in [-0.15, -0.1) is 0 Å². The fraction of sp³-hybridized carbons (Fsp3) is 0.231. The summed E-state index contributed by atoms with van der Waals surface area (Å²) in [5.41, 5.74) is 0.792. The van der Waals surface area contributed by atoms with Crippen LogP contribution in [0.1, 0.15) is 5.76 Å². The number of H-pyrrole nitrogens is 1. The summed E-state index contributed by atoms with van der Waals surface area (Å²) in [5.74, 6) is 0.666. The second-order valence-corrected chi connectivity index (χ2v) is 4.53. The maximum Gasteiger partial charge on any atom is 0.327 e. The highest BCUT2D eigenvalue weighted by Gasteiger charge is 2.08. The van der Waals surface area contributed by atoms with Crippen LogP contribution in [-0.4, -0.2) is 32.1 Å². The normalized spacial score (nSPS) is 10.7. The number of rotatable bonds is 5. The van der Waals surface area contributed by atoms with E-state index in [2.05, 4.69) is 25.6 Å². The van der Waals surface area contributed by atoms with Gasteiger partial charge in [0, 0.05) is 13.1 Å². The van der Waals surface area contributed by atoms with Crippen LogP contribution < -0.4 is 16.3 Å². The third-order valence-electron chi connectivity index (χ3n) is 3.06. The zero-order chi connectivity index (χ0) is 15.4. The first-order valence-electron chi connectivity index (χ1n) is 6.66. The number of fused-ring (bicyclic) bond motifs is 1. The Morgan fingerprint density at radius 2 is 2.32 bits per heavy atom. The average Bonchev–Trinajstić information content (AvgIpc) is 3.13. The van der Waals surface area contributed by atoms with Crippen molar-refractivity contribution in [3.8, 4) is 0 Å². The molecule has 0 saturated heterocycles. The molecule has 0 saturated carbocycles. The number of imidazole rings is 1. The minimum absolute atomic E-state index is 0.284. The third-order valence-corrected chi connectivity index (χ3v) is 3.06. The van der Waals surface area contributed by atoms with E-state index in [0.29, 0.717) is 36.6 Å². The van der Waals surface area contributed by atoms with Gasteiger partial charge in [-0.25, -0.2) is 19.6 Å². The van der Waals surface area contributed by atoms with Gasteiger partial charge < -0.3 is 20.0 Å². The molecule has 3 aromatic rings. The van der Waals surface area contributed by atoms with Crippen LogP contribution in [0, 0.1) is 0 Å². The summed E-state index contributed by atoms with van der Waals surface area (Å²) in [6, 6.07) is 3.19. The molecule has 0 fully saturated rings. The molecule has 3 rings (SSSR count). The molecular formula is C13H14N6O3. The first-order chi connectivity index (χ1) is 10.7. The molecule has 114 valence electrons. The molecule has 0 aliphatic rings. The fourth-order valence-electron chi connectivity index (χ4n) is 2.04. The molecule has 0 aliphatic carbocycles. The lowest BCUT2D eigenvalue weighted by Crippen LogP contribution is -2.37. The molecule has 3 N–H and O–H groups in total. The van der Waals surface area contributed by atoms with E-state index in [9.17, 15) is 9.59 Å². The molecule has 0 spiro atoms. The number of carbonyl (C=O) groups is 1. The van der Waals surface area contributed by atoms with E-state index >= 15 is 0 Å². The van der Waals surface area contributed by atoms with Gasteiger partial charge in [-0.3, -0.25) is 4.57 Å². The summed E-state index contributed by atoms with van der Waals surface area (Å²) in [7, 11) is 0. The first kappa shape index (κ1) is 13.9. The first-order valence-corrected chi connectivity index (χ1v) is 6.66. The Morgan fingerprint density at radius 3 is 3.14 bits per heavy atom. The smallest absolute Gasteiger partial charge is 0.327 e. The molecule has 0 atom stereocenters. The van der Waals surface area contributed by atoms with Crippen LogP contribution in [0.4, 0.5) is 4.79 Å². The molecule has 9 nitrogen and oxygen atoms in total. The van der Waals surface area contributed by atoms with Crippen molar-refractivity contribution in [2.24, 2.45) is 0 Å². The summed E-state index contributed by atoms with van der Waals surface area (Å²) in [6.45, 7) is 0.907. The van der Waals surface area contributed by atoms with Crippen molar-refractivity contribution in [2.45, 2.75) is 13.1 Å². The van der Waals surface area contributed by atoms with Crippen molar-refractivity contribution >= 4 is 17.2 Å². The van der Waals surface area contributed by atoms with E-state index in [4.69, 9.17) is 4.42 Å². The van der Waals surface area contributed by atoms with Gasteiger partial charge in [0.25, 0.3) is 0 Å². The minimum Gasteiger partial charge on any atom is -0.467 e. The molecule has 0 radical (unpaired) electrons. The second kappa shape index (κ2) is 6.12. The molecule has 3 aromatic heterocycles. The molecule has 9 heteroatoms. The van der Waals surface area contributed by atoms with Gasteiger partial charge in [0.2, 0.25) is 0 Å². The van der Waals surface area contributed by atoms with Crippen LogP contribution in [0.2, 0.25) is 0 Å². The zero-order valence-electron chi connectivity index (χ0n) is 11.6. The second-order valence-electron chi connectivity index (χ2n) is 4.53. The maximum absolute atomic E-state index is 11.8. The summed E-state index contributed by atoms with van der Waals surface area (Å²) >= 11 is 0. The molecule has 22 heavy (non-hydrogen) atoms. The minimum atomic E-state index is -0.334. The van der Waals surface area contributed by atoms with Crippen LogP contribution >= 0.6 is 0 Å². The number of aromatic amines is 1. The molecule has 0 unspecified atom stereocenters. The van der Waals surface area contributed by atoms with Crippen molar-refractivity contribution in [3.63, 3.8) is 0 Å².